The predicted molar refractivity (Wildman–Crippen MR) is 67.8 cm³/mol. The first-order valence-electron chi connectivity index (χ1n) is 6.08. The number of hydrogen-bond donors (Lipinski definition) is 2. The van der Waals surface area contributed by atoms with Crippen molar-refractivity contribution in [1.82, 2.24) is 0 Å². The molecule has 17 heavy (non-hydrogen) atoms. The zero-order valence-corrected chi connectivity index (χ0v) is 10.3. The molecule has 1 aromatic carbocycles. The maximum absolute atomic E-state index is 13.5. The van der Waals surface area contributed by atoms with Gasteiger partial charge < -0.3 is 15.8 Å². The Bertz CT molecular complexity index is 403. The van der Waals surface area contributed by atoms with Gasteiger partial charge in [0.25, 0.3) is 0 Å². The van der Waals surface area contributed by atoms with Crippen LogP contribution in [0.5, 0.6) is 5.75 Å². The fraction of sp³-hybridized carbons (Fsp3) is 0.538. The van der Waals surface area contributed by atoms with Crippen LogP contribution < -0.4 is 15.8 Å². The second-order valence-electron chi connectivity index (χ2n) is 4.72. The topological polar surface area (TPSA) is 47.3 Å². The SMILES string of the molecule is CCOc1cc(NC2CC(C)C2)c(N)cc1F. The van der Waals surface area contributed by atoms with Gasteiger partial charge in [0, 0.05) is 18.2 Å². The Morgan fingerprint density at radius 2 is 2.18 bits per heavy atom. The lowest BCUT2D eigenvalue weighted by molar-refractivity contribution is 0.308. The summed E-state index contributed by atoms with van der Waals surface area (Å²) >= 11 is 0. The molecule has 0 spiro atoms. The third-order valence-electron chi connectivity index (χ3n) is 3.14. The molecule has 3 N–H and O–H groups in total. The number of nitrogens with one attached hydrogen (secondary N) is 1. The molecule has 2 rings (SSSR count). The van der Waals surface area contributed by atoms with E-state index in [1.54, 1.807) is 6.07 Å². The van der Waals surface area contributed by atoms with Crippen LogP contribution in [0.2, 0.25) is 0 Å². The lowest BCUT2D eigenvalue weighted by atomic mass is 9.82. The highest BCUT2D eigenvalue weighted by molar-refractivity contribution is 5.69. The normalized spacial score (nSPS) is 23.0. The third-order valence-corrected chi connectivity index (χ3v) is 3.14. The molecule has 1 saturated carbocycles. The van der Waals surface area contributed by atoms with Crippen LogP contribution in [0.15, 0.2) is 12.1 Å². The van der Waals surface area contributed by atoms with E-state index in [0.717, 1.165) is 24.4 Å². The molecule has 1 aliphatic rings. The number of hydrogen-bond acceptors (Lipinski definition) is 3. The molecule has 0 heterocycles. The number of halogens is 1. The van der Waals surface area contributed by atoms with E-state index in [4.69, 9.17) is 10.5 Å². The van der Waals surface area contributed by atoms with Crippen LogP contribution in [-0.4, -0.2) is 12.6 Å². The first kappa shape index (κ1) is 12.0. The van der Waals surface area contributed by atoms with Gasteiger partial charge in [0.15, 0.2) is 11.6 Å². The van der Waals surface area contributed by atoms with Crippen molar-refractivity contribution in [2.45, 2.75) is 32.7 Å². The molecule has 0 radical (unpaired) electrons. The van der Waals surface area contributed by atoms with E-state index in [0.29, 0.717) is 18.3 Å². The van der Waals surface area contributed by atoms with Gasteiger partial charge in [-0.1, -0.05) is 6.92 Å². The van der Waals surface area contributed by atoms with Crippen LogP contribution in [0.1, 0.15) is 26.7 Å². The number of rotatable bonds is 4. The molecule has 0 aromatic heterocycles. The number of ether oxygens (including phenoxy) is 1. The molecule has 0 bridgehead atoms. The average Bonchev–Trinajstić information content (AvgIpc) is 2.22. The Morgan fingerprint density at radius 3 is 2.76 bits per heavy atom. The number of nitrogens with two attached hydrogens (primary N) is 1. The second-order valence-corrected chi connectivity index (χ2v) is 4.72. The highest BCUT2D eigenvalue weighted by atomic mass is 19.1. The predicted octanol–water partition coefficient (Wildman–Crippen LogP) is 3.02. The highest BCUT2D eigenvalue weighted by Crippen LogP contribution is 2.34. The van der Waals surface area contributed by atoms with Gasteiger partial charge >= 0.3 is 0 Å². The minimum atomic E-state index is -0.406. The summed E-state index contributed by atoms with van der Waals surface area (Å²) in [4.78, 5) is 0. The van der Waals surface area contributed by atoms with E-state index in [1.807, 2.05) is 6.92 Å². The molecule has 0 saturated heterocycles. The van der Waals surface area contributed by atoms with Gasteiger partial charge in [-0.3, -0.25) is 0 Å². The monoisotopic (exact) mass is 238 g/mol. The standard InChI is InChI=1S/C13H19FN2O/c1-3-17-13-7-12(11(15)6-10(13)14)16-9-4-8(2)5-9/h6-9,16H,3-5,15H2,1-2H3. The highest BCUT2D eigenvalue weighted by Gasteiger charge is 2.25. The van der Waals surface area contributed by atoms with Crippen molar-refractivity contribution in [1.29, 1.82) is 0 Å². The summed E-state index contributed by atoms with van der Waals surface area (Å²) < 4.78 is 18.7. The molecule has 3 nitrogen and oxygen atoms in total. The largest absolute Gasteiger partial charge is 0.491 e. The molecular formula is C13H19FN2O. The minimum Gasteiger partial charge on any atom is -0.491 e. The molecule has 0 atom stereocenters. The number of anilines is 2. The third kappa shape index (κ3) is 2.62. The Balaban J connectivity index is 2.12. The molecule has 0 unspecified atom stereocenters. The molecule has 1 fully saturated rings. The number of nitrogen functional groups attached to an aromatic ring is 1. The summed E-state index contributed by atoms with van der Waals surface area (Å²) in [6.45, 7) is 4.50. The van der Waals surface area contributed by atoms with Crippen LogP contribution >= 0.6 is 0 Å². The molecule has 0 aliphatic heterocycles. The summed E-state index contributed by atoms with van der Waals surface area (Å²) in [5.41, 5.74) is 7.00. The van der Waals surface area contributed by atoms with Crippen molar-refractivity contribution in [3.05, 3.63) is 17.9 Å². The Hall–Kier alpha value is -1.45. The Morgan fingerprint density at radius 1 is 1.47 bits per heavy atom. The maximum Gasteiger partial charge on any atom is 0.167 e. The van der Waals surface area contributed by atoms with Crippen LogP contribution in [-0.2, 0) is 0 Å². The molecule has 94 valence electrons. The smallest absolute Gasteiger partial charge is 0.167 e. The maximum atomic E-state index is 13.5. The Labute approximate surface area is 101 Å². The van der Waals surface area contributed by atoms with Gasteiger partial charge in [-0.15, -0.1) is 0 Å². The summed E-state index contributed by atoms with van der Waals surface area (Å²) in [5.74, 6) is 0.619. The van der Waals surface area contributed by atoms with Crippen LogP contribution in [0.4, 0.5) is 15.8 Å². The first-order valence-corrected chi connectivity index (χ1v) is 6.08. The van der Waals surface area contributed by atoms with E-state index < -0.39 is 5.82 Å². The van der Waals surface area contributed by atoms with Gasteiger partial charge in [-0.05, 0) is 25.7 Å². The minimum absolute atomic E-state index is 0.261. The summed E-state index contributed by atoms with van der Waals surface area (Å²) in [7, 11) is 0. The zero-order chi connectivity index (χ0) is 12.4. The van der Waals surface area contributed by atoms with Gasteiger partial charge in [0.05, 0.1) is 18.0 Å². The average molecular weight is 238 g/mol. The first-order chi connectivity index (χ1) is 8.10. The fourth-order valence-corrected chi connectivity index (χ4v) is 2.20. The van der Waals surface area contributed by atoms with Gasteiger partial charge in [-0.2, -0.15) is 0 Å². The van der Waals surface area contributed by atoms with E-state index in [9.17, 15) is 4.39 Å². The summed E-state index contributed by atoms with van der Waals surface area (Å²) in [6.07, 6.45) is 2.28. The zero-order valence-electron chi connectivity index (χ0n) is 10.3. The van der Waals surface area contributed by atoms with E-state index in [1.165, 1.54) is 6.07 Å². The van der Waals surface area contributed by atoms with E-state index >= 15 is 0 Å². The quantitative estimate of drug-likeness (QED) is 0.793. The van der Waals surface area contributed by atoms with Crippen molar-refractivity contribution in [2.75, 3.05) is 17.7 Å². The van der Waals surface area contributed by atoms with E-state index in [2.05, 4.69) is 12.2 Å². The van der Waals surface area contributed by atoms with E-state index in [-0.39, 0.29) is 5.75 Å². The summed E-state index contributed by atoms with van der Waals surface area (Å²) in [6, 6.07) is 3.42. The number of benzene rings is 1. The molecule has 0 amide bonds. The molecule has 1 aliphatic carbocycles. The van der Waals surface area contributed by atoms with Crippen molar-refractivity contribution >= 4 is 11.4 Å². The lowest BCUT2D eigenvalue weighted by Crippen LogP contribution is -2.34. The molecule has 1 aromatic rings. The fourth-order valence-electron chi connectivity index (χ4n) is 2.20. The van der Waals surface area contributed by atoms with Crippen molar-refractivity contribution in [3.63, 3.8) is 0 Å². The van der Waals surface area contributed by atoms with Crippen molar-refractivity contribution in [2.24, 2.45) is 5.92 Å². The van der Waals surface area contributed by atoms with Crippen LogP contribution in [0.25, 0.3) is 0 Å². The Kier molecular flexibility index (Phi) is 3.41. The molecule has 4 heteroatoms. The van der Waals surface area contributed by atoms with Crippen LogP contribution in [0, 0.1) is 11.7 Å². The van der Waals surface area contributed by atoms with Gasteiger partial charge in [0.2, 0.25) is 0 Å². The summed E-state index contributed by atoms with van der Waals surface area (Å²) in [5, 5.41) is 3.33. The van der Waals surface area contributed by atoms with Gasteiger partial charge in [0.1, 0.15) is 0 Å². The van der Waals surface area contributed by atoms with Gasteiger partial charge in [-0.25, -0.2) is 4.39 Å². The lowest BCUT2D eigenvalue weighted by Gasteiger charge is -2.34. The van der Waals surface area contributed by atoms with Crippen LogP contribution in [0.3, 0.4) is 0 Å². The second kappa shape index (κ2) is 4.82. The van der Waals surface area contributed by atoms with Crippen molar-refractivity contribution in [3.8, 4) is 5.75 Å². The molecular weight excluding hydrogens is 219 g/mol. The van der Waals surface area contributed by atoms with Crippen molar-refractivity contribution < 1.29 is 9.13 Å².